The van der Waals surface area contributed by atoms with Crippen molar-refractivity contribution in [2.75, 3.05) is 0 Å². The third-order valence-electron chi connectivity index (χ3n) is 0.559. The predicted molar refractivity (Wildman–Crippen MR) is 70.2 cm³/mol. The summed E-state index contributed by atoms with van der Waals surface area (Å²) >= 11 is 8.04. The lowest BCUT2D eigenvalue weighted by Gasteiger charge is -2.15. The zero-order valence-corrected chi connectivity index (χ0v) is 12.6. The lowest BCUT2D eigenvalue weighted by Crippen LogP contribution is -2.29. The van der Waals surface area contributed by atoms with Crippen LogP contribution in [0.3, 0.4) is 0 Å². The van der Waals surface area contributed by atoms with Gasteiger partial charge >= 0.3 is 5.97 Å². The lowest BCUT2D eigenvalue weighted by molar-refractivity contribution is -0.135. The number of hydrogen-bond acceptors (Lipinski definition) is 1. The molecule has 2 nitrogen and oxygen atoms in total. The molecule has 0 aliphatic heterocycles. The number of rotatable bonds is 2. The van der Waals surface area contributed by atoms with E-state index in [1.54, 1.807) is 0 Å². The van der Waals surface area contributed by atoms with Gasteiger partial charge in [-0.2, -0.15) is 0 Å². The highest BCUT2D eigenvalue weighted by Gasteiger charge is 2.37. The number of carboxylic acid groups (broad SMARTS) is 1. The van der Waals surface area contributed by atoms with Gasteiger partial charge < -0.3 is 5.11 Å². The van der Waals surface area contributed by atoms with Crippen molar-refractivity contribution in [3.8, 4) is 0 Å². The Kier molecular flexibility index (Phi) is 5.60. The van der Waals surface area contributed by atoms with Gasteiger partial charge in [-0.15, -0.1) is 0 Å². The molecule has 0 rings (SSSR count). The van der Waals surface area contributed by atoms with Crippen LogP contribution in [0.15, 0.2) is 0 Å². The van der Waals surface area contributed by atoms with E-state index in [1.165, 1.54) is 0 Å². The molecule has 0 aromatic carbocycles. The molecule has 0 fully saturated rings. The maximum absolute atomic E-state index is 10.4. The molecule has 0 saturated carbocycles. The summed E-state index contributed by atoms with van der Waals surface area (Å²) in [6.45, 7) is 0. The summed E-state index contributed by atoms with van der Waals surface area (Å²) in [5.41, 5.74) is 0. The van der Waals surface area contributed by atoms with Gasteiger partial charge in [0.15, 0.2) is 1.43 Å². The molecule has 0 saturated heterocycles. The highest BCUT2D eigenvalue weighted by atomic mass is 127. The molecule has 0 atom stereocenters. The minimum absolute atomic E-state index is 0.103. The number of aliphatic carboxylic acids is 1. The minimum atomic E-state index is -0.766. The summed E-state index contributed by atoms with van der Waals surface area (Å²) in [5.74, 6) is -0.766. The number of hydrogen-bond donors (Lipinski definition) is 1. The molecular formula is C3H2I4O2. The standard InChI is InChI=1S/C3H2I4O2/c4-1(5)3(6,7)2(8)9/h1H,(H,8,9). The van der Waals surface area contributed by atoms with Crippen molar-refractivity contribution in [2.45, 2.75) is 3.36 Å². The van der Waals surface area contributed by atoms with Crippen molar-refractivity contribution in [1.29, 1.82) is 0 Å². The van der Waals surface area contributed by atoms with Crippen LogP contribution in [0.4, 0.5) is 0 Å². The molecule has 0 aliphatic carbocycles. The predicted octanol–water partition coefficient (Wildman–Crippen LogP) is 2.83. The van der Waals surface area contributed by atoms with Crippen LogP contribution in [0, 0.1) is 0 Å². The largest absolute Gasteiger partial charge is 0.480 e. The fourth-order valence-corrected chi connectivity index (χ4v) is 0.626. The quantitative estimate of drug-likeness (QED) is 0.405. The van der Waals surface area contributed by atoms with Crippen LogP contribution in [0.5, 0.6) is 0 Å². The number of carboxylic acids is 1. The second-order valence-corrected chi connectivity index (χ2v) is 11.6. The second-order valence-electron chi connectivity index (χ2n) is 1.23. The minimum Gasteiger partial charge on any atom is -0.480 e. The topological polar surface area (TPSA) is 37.3 Å². The molecule has 1 N–H and O–H groups in total. The first-order valence-corrected chi connectivity index (χ1v) is 6.43. The molecule has 0 unspecified atom stereocenters. The first kappa shape index (κ1) is 11.4. The maximum atomic E-state index is 10.4. The van der Waals surface area contributed by atoms with E-state index in [0.717, 1.165) is 0 Å². The Hall–Kier alpha value is 2.39. The van der Waals surface area contributed by atoms with Gasteiger partial charge in [-0.25, -0.2) is 4.79 Å². The highest BCUT2D eigenvalue weighted by Crippen LogP contribution is 2.39. The first-order chi connectivity index (χ1) is 3.89. The van der Waals surface area contributed by atoms with Gasteiger partial charge in [0.05, 0.1) is 1.93 Å². The van der Waals surface area contributed by atoms with E-state index in [2.05, 4.69) is 45.2 Å². The smallest absolute Gasteiger partial charge is 0.331 e. The van der Waals surface area contributed by atoms with Crippen molar-refractivity contribution >= 4 is 96.3 Å². The van der Waals surface area contributed by atoms with Crippen molar-refractivity contribution in [3.63, 3.8) is 0 Å². The van der Waals surface area contributed by atoms with Crippen LogP contribution in [-0.2, 0) is 4.79 Å². The van der Waals surface area contributed by atoms with E-state index in [4.69, 9.17) is 5.11 Å². The Labute approximate surface area is 107 Å². The lowest BCUT2D eigenvalue weighted by atomic mass is 10.5. The molecule has 0 radical (unpaired) electrons. The van der Waals surface area contributed by atoms with Gasteiger partial charge in [0.1, 0.15) is 0 Å². The van der Waals surface area contributed by atoms with Crippen molar-refractivity contribution in [1.82, 2.24) is 0 Å². The van der Waals surface area contributed by atoms with Gasteiger partial charge in [-0.05, 0) is 0 Å². The SMILES string of the molecule is O=C(O)C(I)(I)C(I)I. The highest BCUT2D eigenvalue weighted by molar-refractivity contribution is 14.2. The van der Waals surface area contributed by atoms with E-state index in [0.29, 0.717) is 0 Å². The number of halogens is 4. The third kappa shape index (κ3) is 3.53. The summed E-state index contributed by atoms with van der Waals surface area (Å²) in [6.07, 6.45) is 0. The van der Waals surface area contributed by atoms with E-state index in [1.807, 2.05) is 45.2 Å². The zero-order valence-electron chi connectivity index (χ0n) is 3.94. The van der Waals surface area contributed by atoms with Gasteiger partial charge in [0.2, 0.25) is 0 Å². The van der Waals surface area contributed by atoms with Gasteiger partial charge in [-0.1, -0.05) is 90.4 Å². The van der Waals surface area contributed by atoms with Crippen LogP contribution in [0.2, 0.25) is 0 Å². The number of alkyl halides is 4. The molecule has 0 heterocycles. The van der Waals surface area contributed by atoms with Crippen molar-refractivity contribution in [3.05, 3.63) is 0 Å². The monoisotopic (exact) mass is 578 g/mol. The molecule has 0 aromatic heterocycles. The molecule has 0 aromatic rings. The molecule has 9 heavy (non-hydrogen) atoms. The van der Waals surface area contributed by atoms with Crippen LogP contribution in [0.25, 0.3) is 0 Å². The summed E-state index contributed by atoms with van der Waals surface area (Å²) in [7, 11) is 0. The Morgan fingerprint density at radius 3 is 1.78 bits per heavy atom. The van der Waals surface area contributed by atoms with Gasteiger partial charge in [0, 0.05) is 0 Å². The fourth-order valence-electron chi connectivity index (χ4n) is 0.0933. The Balaban J connectivity index is 4.19. The summed E-state index contributed by atoms with van der Waals surface area (Å²) < 4.78 is -0.567. The van der Waals surface area contributed by atoms with Crippen molar-refractivity contribution in [2.24, 2.45) is 0 Å². The van der Waals surface area contributed by atoms with E-state index >= 15 is 0 Å². The summed E-state index contributed by atoms with van der Waals surface area (Å²) in [4.78, 5) is 10.4. The van der Waals surface area contributed by atoms with Gasteiger partial charge in [-0.3, -0.25) is 0 Å². The second kappa shape index (κ2) is 4.42. The molecule has 0 aliphatic rings. The van der Waals surface area contributed by atoms with Crippen LogP contribution in [0.1, 0.15) is 0 Å². The average molecular weight is 578 g/mol. The van der Waals surface area contributed by atoms with Crippen molar-refractivity contribution < 1.29 is 9.90 Å². The van der Waals surface area contributed by atoms with E-state index in [9.17, 15) is 4.79 Å². The molecule has 54 valence electrons. The van der Waals surface area contributed by atoms with E-state index < -0.39 is 7.40 Å². The zero-order chi connectivity index (χ0) is 7.65. The molecular weight excluding hydrogens is 576 g/mol. The third-order valence-corrected chi connectivity index (χ3v) is 9.36. The first-order valence-electron chi connectivity index (χ1n) is 1.78. The molecule has 0 amide bonds. The average Bonchev–Trinajstić information content (AvgIpc) is 1.65. The van der Waals surface area contributed by atoms with Gasteiger partial charge in [0.25, 0.3) is 0 Å². The Morgan fingerprint density at radius 2 is 1.78 bits per heavy atom. The fraction of sp³-hybridized carbons (Fsp3) is 0.667. The maximum Gasteiger partial charge on any atom is 0.331 e. The number of carbonyl (C=O) groups is 1. The Bertz CT molecular complexity index is 121. The molecule has 0 bridgehead atoms. The molecule has 6 heteroatoms. The Morgan fingerprint density at radius 1 is 1.44 bits per heavy atom. The van der Waals surface area contributed by atoms with Crippen LogP contribution in [-0.4, -0.2) is 14.4 Å². The summed E-state index contributed by atoms with van der Waals surface area (Å²) in [6, 6.07) is 0. The van der Waals surface area contributed by atoms with Crippen LogP contribution < -0.4 is 0 Å². The normalized spacial score (nSPS) is 12.1. The van der Waals surface area contributed by atoms with Crippen LogP contribution >= 0.6 is 90.4 Å². The molecule has 0 spiro atoms. The summed E-state index contributed by atoms with van der Waals surface area (Å²) in [5, 5.41) is 8.59. The van der Waals surface area contributed by atoms with E-state index in [-0.39, 0.29) is 1.93 Å².